The maximum absolute atomic E-state index is 10.6. The topological polar surface area (TPSA) is 93.1 Å². The zero-order valence-electron chi connectivity index (χ0n) is 7.47. The van der Waals surface area contributed by atoms with Crippen molar-refractivity contribution < 1.29 is 29.3 Å². The Labute approximate surface area is 79.7 Å². The second-order valence-electron chi connectivity index (χ2n) is 2.97. The number of aliphatic carboxylic acids is 2. The van der Waals surface area contributed by atoms with Crippen LogP contribution in [0.1, 0.15) is 6.92 Å². The van der Waals surface area contributed by atoms with E-state index in [1.54, 1.807) is 6.92 Å². The highest BCUT2D eigenvalue weighted by molar-refractivity contribution is 5.84. The number of carboxylic acid groups (broad SMARTS) is 2. The second-order valence-corrected chi connectivity index (χ2v) is 2.97. The molecule has 6 heteroatoms. The molecular weight excluding hydrogens is 192 g/mol. The third kappa shape index (κ3) is 1.91. The van der Waals surface area contributed by atoms with Gasteiger partial charge >= 0.3 is 11.9 Å². The van der Waals surface area contributed by atoms with Crippen LogP contribution in [0.25, 0.3) is 0 Å². The van der Waals surface area contributed by atoms with Gasteiger partial charge in [0.15, 0.2) is 18.5 Å². The SMILES string of the molecule is C=C(C)C1OC(C(=O)O)C(C(=O)O)O1. The minimum Gasteiger partial charge on any atom is -0.479 e. The van der Waals surface area contributed by atoms with Crippen LogP contribution in [0.15, 0.2) is 12.2 Å². The first kappa shape index (κ1) is 10.7. The fourth-order valence-electron chi connectivity index (χ4n) is 1.05. The summed E-state index contributed by atoms with van der Waals surface area (Å²) in [6, 6.07) is 0. The molecule has 0 spiro atoms. The Hall–Kier alpha value is -1.40. The van der Waals surface area contributed by atoms with E-state index in [1.807, 2.05) is 0 Å². The van der Waals surface area contributed by atoms with Crippen LogP contribution in [0.4, 0.5) is 0 Å². The summed E-state index contributed by atoms with van der Waals surface area (Å²) in [5.74, 6) is -2.72. The number of rotatable bonds is 3. The molecule has 1 rings (SSSR count). The molecule has 0 amide bonds. The molecule has 1 heterocycles. The largest absolute Gasteiger partial charge is 0.479 e. The van der Waals surface area contributed by atoms with E-state index in [4.69, 9.17) is 19.7 Å². The van der Waals surface area contributed by atoms with Gasteiger partial charge < -0.3 is 19.7 Å². The van der Waals surface area contributed by atoms with E-state index in [0.717, 1.165) is 0 Å². The van der Waals surface area contributed by atoms with Crippen molar-refractivity contribution in [2.45, 2.75) is 25.4 Å². The average Bonchev–Trinajstić information content (AvgIpc) is 2.47. The van der Waals surface area contributed by atoms with Gasteiger partial charge in [0.05, 0.1) is 0 Å². The molecule has 1 fully saturated rings. The van der Waals surface area contributed by atoms with Crippen molar-refractivity contribution in [1.29, 1.82) is 0 Å². The lowest BCUT2D eigenvalue weighted by atomic mass is 10.2. The van der Waals surface area contributed by atoms with Gasteiger partial charge in [-0.2, -0.15) is 0 Å². The Morgan fingerprint density at radius 1 is 1.14 bits per heavy atom. The molecular formula is C8H10O6. The van der Waals surface area contributed by atoms with Gasteiger partial charge in [-0.1, -0.05) is 6.58 Å². The maximum atomic E-state index is 10.6. The molecule has 0 aromatic heterocycles. The van der Waals surface area contributed by atoms with Gasteiger partial charge in [0.2, 0.25) is 0 Å². The van der Waals surface area contributed by atoms with E-state index in [0.29, 0.717) is 5.57 Å². The van der Waals surface area contributed by atoms with Crippen LogP contribution >= 0.6 is 0 Å². The number of hydrogen-bond acceptors (Lipinski definition) is 4. The molecule has 1 saturated heterocycles. The summed E-state index contributed by atoms with van der Waals surface area (Å²) in [7, 11) is 0. The monoisotopic (exact) mass is 202 g/mol. The molecule has 0 radical (unpaired) electrons. The number of carboxylic acids is 2. The highest BCUT2D eigenvalue weighted by Crippen LogP contribution is 2.23. The summed E-state index contributed by atoms with van der Waals surface area (Å²) in [6.07, 6.45) is -3.92. The third-order valence-electron chi connectivity index (χ3n) is 1.70. The molecule has 0 aromatic rings. The van der Waals surface area contributed by atoms with Crippen LogP contribution in [0.3, 0.4) is 0 Å². The van der Waals surface area contributed by atoms with Crippen LogP contribution in [-0.2, 0) is 19.1 Å². The maximum Gasteiger partial charge on any atom is 0.336 e. The molecule has 1 aliphatic heterocycles. The lowest BCUT2D eigenvalue weighted by molar-refractivity contribution is -0.156. The fraction of sp³-hybridized carbons (Fsp3) is 0.500. The van der Waals surface area contributed by atoms with Gasteiger partial charge in [-0.3, -0.25) is 0 Å². The van der Waals surface area contributed by atoms with Crippen LogP contribution in [0, 0.1) is 0 Å². The summed E-state index contributed by atoms with van der Waals surface area (Å²) in [5.41, 5.74) is 0.431. The summed E-state index contributed by atoms with van der Waals surface area (Å²) in [4.78, 5) is 21.2. The number of ether oxygens (including phenoxy) is 2. The summed E-state index contributed by atoms with van der Waals surface area (Å²) in [5, 5.41) is 17.3. The van der Waals surface area contributed by atoms with Crippen molar-refractivity contribution in [3.63, 3.8) is 0 Å². The summed E-state index contributed by atoms with van der Waals surface area (Å²) < 4.78 is 9.71. The lowest BCUT2D eigenvalue weighted by Gasteiger charge is -2.07. The Kier molecular flexibility index (Phi) is 2.87. The van der Waals surface area contributed by atoms with Gasteiger partial charge in [-0.25, -0.2) is 9.59 Å². The first-order valence-corrected chi connectivity index (χ1v) is 3.85. The highest BCUT2D eigenvalue weighted by atomic mass is 16.7. The third-order valence-corrected chi connectivity index (χ3v) is 1.70. The van der Waals surface area contributed by atoms with Crippen LogP contribution in [0.2, 0.25) is 0 Å². The standard InChI is InChI=1S/C8H10O6/c1-3(2)8-13-4(6(9)10)5(14-8)7(11)12/h4-5,8H,1H2,2H3,(H,9,10)(H,11,12). The lowest BCUT2D eigenvalue weighted by Crippen LogP contribution is -2.36. The van der Waals surface area contributed by atoms with Crippen molar-refractivity contribution in [1.82, 2.24) is 0 Å². The summed E-state index contributed by atoms with van der Waals surface area (Å²) in [6.45, 7) is 5.05. The normalized spacial score (nSPS) is 31.4. The molecule has 14 heavy (non-hydrogen) atoms. The molecule has 2 atom stereocenters. The van der Waals surface area contributed by atoms with Crippen LogP contribution < -0.4 is 0 Å². The zero-order chi connectivity index (χ0) is 10.9. The molecule has 2 unspecified atom stereocenters. The Balaban J connectivity index is 2.80. The van der Waals surface area contributed by atoms with E-state index in [9.17, 15) is 9.59 Å². The zero-order valence-corrected chi connectivity index (χ0v) is 7.47. The Bertz CT molecular complexity index is 262. The van der Waals surface area contributed by atoms with Crippen LogP contribution in [-0.4, -0.2) is 40.6 Å². The smallest absolute Gasteiger partial charge is 0.336 e. The van der Waals surface area contributed by atoms with E-state index < -0.39 is 30.4 Å². The molecule has 78 valence electrons. The predicted molar refractivity (Wildman–Crippen MR) is 43.6 cm³/mol. The Morgan fingerprint density at radius 3 is 1.71 bits per heavy atom. The van der Waals surface area contributed by atoms with Gasteiger partial charge in [0.25, 0.3) is 0 Å². The molecule has 0 aliphatic carbocycles. The highest BCUT2D eigenvalue weighted by Gasteiger charge is 2.45. The first-order chi connectivity index (χ1) is 6.43. The quantitative estimate of drug-likeness (QED) is 0.618. The summed E-state index contributed by atoms with van der Waals surface area (Å²) >= 11 is 0. The second kappa shape index (κ2) is 3.77. The molecule has 2 N–H and O–H groups in total. The van der Waals surface area contributed by atoms with Crippen molar-refractivity contribution in [3.8, 4) is 0 Å². The van der Waals surface area contributed by atoms with E-state index in [-0.39, 0.29) is 0 Å². The van der Waals surface area contributed by atoms with E-state index in [2.05, 4.69) is 6.58 Å². The average molecular weight is 202 g/mol. The van der Waals surface area contributed by atoms with E-state index in [1.165, 1.54) is 0 Å². The van der Waals surface area contributed by atoms with Crippen molar-refractivity contribution in [2.75, 3.05) is 0 Å². The predicted octanol–water partition coefficient (Wildman–Crippen LogP) is -0.158. The minimum atomic E-state index is -1.48. The molecule has 0 aromatic carbocycles. The van der Waals surface area contributed by atoms with E-state index >= 15 is 0 Å². The molecule has 0 saturated carbocycles. The van der Waals surface area contributed by atoms with Crippen molar-refractivity contribution in [2.24, 2.45) is 0 Å². The fourth-order valence-corrected chi connectivity index (χ4v) is 1.05. The minimum absolute atomic E-state index is 0.431. The van der Waals surface area contributed by atoms with Gasteiger partial charge in [-0.05, 0) is 12.5 Å². The van der Waals surface area contributed by atoms with Gasteiger partial charge in [0, 0.05) is 0 Å². The molecule has 6 nitrogen and oxygen atoms in total. The number of carbonyl (C=O) groups is 2. The van der Waals surface area contributed by atoms with Crippen LogP contribution in [0.5, 0.6) is 0 Å². The van der Waals surface area contributed by atoms with Gasteiger partial charge in [-0.15, -0.1) is 0 Å². The first-order valence-electron chi connectivity index (χ1n) is 3.85. The number of hydrogen-bond donors (Lipinski definition) is 2. The molecule has 1 aliphatic rings. The van der Waals surface area contributed by atoms with Gasteiger partial charge in [0.1, 0.15) is 0 Å². The van der Waals surface area contributed by atoms with Crippen molar-refractivity contribution in [3.05, 3.63) is 12.2 Å². The Morgan fingerprint density at radius 2 is 1.50 bits per heavy atom. The van der Waals surface area contributed by atoms with Crippen molar-refractivity contribution >= 4 is 11.9 Å². The molecule has 0 bridgehead atoms.